The van der Waals surface area contributed by atoms with Crippen molar-refractivity contribution in [3.8, 4) is 5.75 Å². The normalized spacial score (nSPS) is 21.4. The van der Waals surface area contributed by atoms with Crippen LogP contribution in [0.2, 0.25) is 0 Å². The smallest absolute Gasteiger partial charge is 0.145 e. The quantitative estimate of drug-likeness (QED) is 0.633. The standard InChI is InChI=1S/C9H8BrNO/c1-6-7(10)5-12-8-3-2-4-11-9(6)8/h2-4,7H,1,5H2. The fraction of sp³-hybridized carbons (Fsp3) is 0.222. The van der Waals surface area contributed by atoms with Gasteiger partial charge < -0.3 is 4.74 Å². The number of aromatic nitrogens is 1. The highest BCUT2D eigenvalue weighted by Gasteiger charge is 2.21. The third-order valence-corrected chi connectivity index (χ3v) is 2.66. The van der Waals surface area contributed by atoms with E-state index in [4.69, 9.17) is 4.74 Å². The van der Waals surface area contributed by atoms with Gasteiger partial charge >= 0.3 is 0 Å². The third-order valence-electron chi connectivity index (χ3n) is 1.84. The summed E-state index contributed by atoms with van der Waals surface area (Å²) in [6.45, 7) is 4.58. The second-order valence-corrected chi connectivity index (χ2v) is 3.76. The maximum Gasteiger partial charge on any atom is 0.145 e. The van der Waals surface area contributed by atoms with Crippen LogP contribution in [0.25, 0.3) is 5.57 Å². The second-order valence-electron chi connectivity index (χ2n) is 2.65. The molecule has 3 heteroatoms. The number of hydrogen-bond acceptors (Lipinski definition) is 2. The minimum absolute atomic E-state index is 0.194. The van der Waals surface area contributed by atoms with Crippen LogP contribution in [0.3, 0.4) is 0 Å². The van der Waals surface area contributed by atoms with Gasteiger partial charge in [0.1, 0.15) is 18.1 Å². The molecule has 0 saturated carbocycles. The summed E-state index contributed by atoms with van der Waals surface area (Å²) in [6, 6.07) is 3.77. The molecule has 1 aromatic heterocycles. The van der Waals surface area contributed by atoms with Crippen molar-refractivity contribution in [2.45, 2.75) is 4.83 Å². The van der Waals surface area contributed by atoms with Gasteiger partial charge in [-0.2, -0.15) is 0 Å². The van der Waals surface area contributed by atoms with E-state index in [1.807, 2.05) is 12.1 Å². The number of nitrogens with zero attached hydrogens (tertiary/aromatic N) is 1. The minimum atomic E-state index is 0.194. The van der Waals surface area contributed by atoms with Crippen LogP contribution >= 0.6 is 15.9 Å². The van der Waals surface area contributed by atoms with Crippen molar-refractivity contribution in [1.82, 2.24) is 4.98 Å². The van der Waals surface area contributed by atoms with Gasteiger partial charge in [0, 0.05) is 6.20 Å². The van der Waals surface area contributed by atoms with Crippen molar-refractivity contribution in [1.29, 1.82) is 0 Å². The molecular formula is C9H8BrNO. The molecule has 0 spiro atoms. The number of rotatable bonds is 0. The summed E-state index contributed by atoms with van der Waals surface area (Å²) in [5.41, 5.74) is 1.86. The van der Waals surface area contributed by atoms with E-state index in [2.05, 4.69) is 27.5 Å². The molecule has 0 bridgehead atoms. The van der Waals surface area contributed by atoms with Gasteiger partial charge in [-0.1, -0.05) is 22.5 Å². The van der Waals surface area contributed by atoms with E-state index in [0.717, 1.165) is 17.0 Å². The highest BCUT2D eigenvalue weighted by Crippen LogP contribution is 2.32. The fourth-order valence-electron chi connectivity index (χ4n) is 1.16. The molecule has 2 heterocycles. The highest BCUT2D eigenvalue weighted by molar-refractivity contribution is 9.09. The number of alkyl halides is 1. The largest absolute Gasteiger partial charge is 0.490 e. The first kappa shape index (κ1) is 7.80. The molecule has 2 nitrogen and oxygen atoms in total. The molecule has 0 N–H and O–H groups in total. The number of ether oxygens (including phenoxy) is 1. The maximum absolute atomic E-state index is 5.44. The molecule has 0 fully saturated rings. The van der Waals surface area contributed by atoms with Crippen molar-refractivity contribution in [3.05, 3.63) is 30.6 Å². The van der Waals surface area contributed by atoms with Gasteiger partial charge in [0.2, 0.25) is 0 Å². The van der Waals surface area contributed by atoms with Gasteiger partial charge in [-0.05, 0) is 17.7 Å². The Hall–Kier alpha value is -0.830. The van der Waals surface area contributed by atoms with Crippen LogP contribution < -0.4 is 4.74 Å². The summed E-state index contributed by atoms with van der Waals surface area (Å²) >= 11 is 3.46. The Morgan fingerprint density at radius 2 is 2.50 bits per heavy atom. The van der Waals surface area contributed by atoms with Crippen LogP contribution in [-0.4, -0.2) is 16.4 Å². The Balaban J connectivity index is 2.49. The lowest BCUT2D eigenvalue weighted by Crippen LogP contribution is -2.19. The molecule has 0 amide bonds. The molecule has 0 aliphatic carbocycles. The maximum atomic E-state index is 5.44. The second kappa shape index (κ2) is 2.90. The van der Waals surface area contributed by atoms with Gasteiger partial charge in [0.05, 0.1) is 4.83 Å². The number of hydrogen-bond donors (Lipinski definition) is 0. The number of pyridine rings is 1. The van der Waals surface area contributed by atoms with Crippen molar-refractivity contribution in [3.63, 3.8) is 0 Å². The van der Waals surface area contributed by atoms with E-state index in [1.54, 1.807) is 6.20 Å². The monoisotopic (exact) mass is 225 g/mol. The van der Waals surface area contributed by atoms with E-state index in [1.165, 1.54) is 0 Å². The van der Waals surface area contributed by atoms with Gasteiger partial charge in [0.15, 0.2) is 0 Å². The fourth-order valence-corrected chi connectivity index (χ4v) is 1.51. The van der Waals surface area contributed by atoms with Crippen LogP contribution in [0.15, 0.2) is 24.9 Å². The average molecular weight is 226 g/mol. The van der Waals surface area contributed by atoms with Gasteiger partial charge in [-0.25, -0.2) is 0 Å². The Bertz CT molecular complexity index is 324. The Kier molecular flexibility index (Phi) is 1.89. The molecule has 1 aliphatic heterocycles. The summed E-state index contributed by atoms with van der Waals surface area (Å²) in [5.74, 6) is 0.832. The first-order valence-corrected chi connectivity index (χ1v) is 4.61. The average Bonchev–Trinajstić information content (AvgIpc) is 2.12. The third kappa shape index (κ3) is 1.14. The molecule has 2 rings (SSSR count). The van der Waals surface area contributed by atoms with Crippen molar-refractivity contribution < 1.29 is 4.74 Å². The molecule has 1 aliphatic rings. The Morgan fingerprint density at radius 3 is 3.33 bits per heavy atom. The lowest BCUT2D eigenvalue weighted by Gasteiger charge is -2.22. The summed E-state index contributed by atoms with van der Waals surface area (Å²) in [6.07, 6.45) is 1.75. The summed E-state index contributed by atoms with van der Waals surface area (Å²) in [4.78, 5) is 4.39. The predicted octanol–water partition coefficient (Wildman–Crippen LogP) is 2.25. The number of halogens is 1. The zero-order chi connectivity index (χ0) is 8.55. The molecule has 62 valence electrons. The summed E-state index contributed by atoms with van der Waals surface area (Å²) in [7, 11) is 0. The topological polar surface area (TPSA) is 22.1 Å². The van der Waals surface area contributed by atoms with Crippen molar-refractivity contribution in [2.24, 2.45) is 0 Å². The predicted molar refractivity (Wildman–Crippen MR) is 51.5 cm³/mol. The molecule has 0 saturated heterocycles. The van der Waals surface area contributed by atoms with E-state index < -0.39 is 0 Å². The lowest BCUT2D eigenvalue weighted by atomic mass is 10.1. The number of fused-ring (bicyclic) bond motifs is 1. The summed E-state index contributed by atoms with van der Waals surface area (Å²) < 4.78 is 5.44. The van der Waals surface area contributed by atoms with Crippen molar-refractivity contribution >= 4 is 21.5 Å². The molecule has 0 radical (unpaired) electrons. The van der Waals surface area contributed by atoms with E-state index in [-0.39, 0.29) is 4.83 Å². The Labute approximate surface area is 79.4 Å². The zero-order valence-electron chi connectivity index (χ0n) is 6.46. The first-order chi connectivity index (χ1) is 5.79. The van der Waals surface area contributed by atoms with Crippen LogP contribution in [-0.2, 0) is 0 Å². The first-order valence-electron chi connectivity index (χ1n) is 3.70. The SMILES string of the molecule is C=C1c2ncccc2OCC1Br. The van der Waals surface area contributed by atoms with Crippen LogP contribution in [0.5, 0.6) is 5.75 Å². The van der Waals surface area contributed by atoms with Crippen molar-refractivity contribution in [2.75, 3.05) is 6.61 Å². The molecule has 0 aromatic carbocycles. The zero-order valence-corrected chi connectivity index (χ0v) is 8.04. The summed E-state index contributed by atoms with van der Waals surface area (Å²) in [5, 5.41) is 0. The molecule has 1 atom stereocenters. The highest BCUT2D eigenvalue weighted by atomic mass is 79.9. The molecule has 1 aromatic rings. The molecule has 12 heavy (non-hydrogen) atoms. The van der Waals surface area contributed by atoms with Gasteiger partial charge in [-0.15, -0.1) is 0 Å². The van der Waals surface area contributed by atoms with Gasteiger partial charge in [0.25, 0.3) is 0 Å². The lowest BCUT2D eigenvalue weighted by molar-refractivity contribution is 0.320. The minimum Gasteiger partial charge on any atom is -0.490 e. The molecule has 1 unspecified atom stereocenters. The van der Waals surface area contributed by atoms with Gasteiger partial charge in [-0.3, -0.25) is 4.98 Å². The Morgan fingerprint density at radius 1 is 1.67 bits per heavy atom. The van der Waals surface area contributed by atoms with E-state index in [0.29, 0.717) is 6.61 Å². The van der Waals surface area contributed by atoms with Crippen LogP contribution in [0.4, 0.5) is 0 Å². The van der Waals surface area contributed by atoms with E-state index >= 15 is 0 Å². The van der Waals surface area contributed by atoms with E-state index in [9.17, 15) is 0 Å². The van der Waals surface area contributed by atoms with Crippen LogP contribution in [0.1, 0.15) is 5.69 Å². The molecular weight excluding hydrogens is 218 g/mol. The van der Waals surface area contributed by atoms with Crippen LogP contribution in [0, 0.1) is 0 Å².